The van der Waals surface area contributed by atoms with Crippen molar-refractivity contribution in [1.82, 2.24) is 29.7 Å². The van der Waals surface area contributed by atoms with Crippen LogP contribution in [0.3, 0.4) is 0 Å². The van der Waals surface area contributed by atoms with Gasteiger partial charge in [-0.05, 0) is 117 Å². The Morgan fingerprint density at radius 2 is 1.05 bits per heavy atom. The molecule has 0 atom stereocenters. The molecule has 0 radical (unpaired) electrons. The van der Waals surface area contributed by atoms with Crippen molar-refractivity contribution in [2.45, 2.75) is 184 Å². The van der Waals surface area contributed by atoms with E-state index in [9.17, 15) is 26.4 Å². The van der Waals surface area contributed by atoms with Gasteiger partial charge in [0, 0.05) is 57.4 Å². The highest BCUT2D eigenvalue weighted by Crippen LogP contribution is 2.38. The number of aromatic nitrogens is 4. The maximum atomic E-state index is 12.5. The Kier molecular flexibility index (Phi) is 22.1. The fourth-order valence-electron chi connectivity index (χ4n) is 7.57. The Balaban J connectivity index is 0.000000220. The van der Waals surface area contributed by atoms with Crippen molar-refractivity contribution >= 4 is 83.9 Å². The molecular formula is C53H75Cl3N8O10S2. The molecule has 76 heavy (non-hydrogen) atoms. The molecule has 8 rings (SSSR count). The number of benzene rings is 2. The number of unbranched alkanes of at least 4 members (excludes halogenated alkanes) is 2. The summed E-state index contributed by atoms with van der Waals surface area (Å²) in [7, 11) is -6.46. The Bertz CT molecular complexity index is 2830. The van der Waals surface area contributed by atoms with E-state index in [0.29, 0.717) is 102 Å². The van der Waals surface area contributed by atoms with Gasteiger partial charge in [-0.1, -0.05) is 67.9 Å². The van der Waals surface area contributed by atoms with Crippen LogP contribution in [0.25, 0.3) is 0 Å². The van der Waals surface area contributed by atoms with Gasteiger partial charge in [0.1, 0.15) is 47.0 Å². The molecule has 4 fully saturated rings. The van der Waals surface area contributed by atoms with Crippen molar-refractivity contribution in [3.8, 4) is 11.8 Å². The smallest absolute Gasteiger partial charge is 0.410 e. The van der Waals surface area contributed by atoms with Crippen molar-refractivity contribution in [1.29, 1.82) is 0 Å². The molecule has 0 unspecified atom stereocenters. The first-order valence-corrected chi connectivity index (χ1v) is 30.0. The Morgan fingerprint density at radius 3 is 1.45 bits per heavy atom. The zero-order valence-corrected chi connectivity index (χ0v) is 49.2. The number of ether oxygens (including phenoxy) is 4. The van der Waals surface area contributed by atoms with Crippen LogP contribution >= 0.6 is 34.8 Å². The van der Waals surface area contributed by atoms with E-state index >= 15 is 0 Å². The number of halogens is 3. The van der Waals surface area contributed by atoms with Crippen LogP contribution in [-0.2, 0) is 29.1 Å². The van der Waals surface area contributed by atoms with Crippen LogP contribution in [-0.4, -0.2) is 119 Å². The number of carbonyl (C=O) groups excluding carboxylic acids is 2. The molecule has 420 valence electrons. The average molecular weight is 1150 g/mol. The zero-order valence-electron chi connectivity index (χ0n) is 45.3. The maximum absolute atomic E-state index is 12.5. The fraction of sp³-hybridized carbons (Fsp3) is 0.585. The first kappa shape index (κ1) is 62.0. The third kappa shape index (κ3) is 18.7. The van der Waals surface area contributed by atoms with Crippen molar-refractivity contribution in [3.63, 3.8) is 0 Å². The van der Waals surface area contributed by atoms with E-state index < -0.39 is 30.9 Å². The van der Waals surface area contributed by atoms with Gasteiger partial charge in [-0.25, -0.2) is 46.4 Å². The van der Waals surface area contributed by atoms with Crippen molar-refractivity contribution < 1.29 is 45.4 Å². The number of sulfone groups is 2. The van der Waals surface area contributed by atoms with Gasteiger partial charge in [0.25, 0.3) is 0 Å². The number of nitrogen functional groups attached to an aromatic ring is 1. The molecule has 2 saturated carbocycles. The molecule has 2 aromatic carbocycles. The number of anilines is 3. The van der Waals surface area contributed by atoms with E-state index in [1.54, 1.807) is 21.9 Å². The number of rotatable bonds is 12. The van der Waals surface area contributed by atoms with Gasteiger partial charge < -0.3 is 39.8 Å². The number of likely N-dealkylation sites (tertiary alicyclic amines) is 2. The number of nitrogens with one attached hydrogen (secondary N) is 1. The van der Waals surface area contributed by atoms with Crippen LogP contribution in [0.15, 0.2) is 58.8 Å². The van der Waals surface area contributed by atoms with E-state index in [1.165, 1.54) is 56.2 Å². The third-order valence-corrected chi connectivity index (χ3v) is 17.8. The molecule has 2 aliphatic carbocycles. The fourth-order valence-corrected chi connectivity index (χ4v) is 11.6. The summed E-state index contributed by atoms with van der Waals surface area (Å²) in [6, 6.07) is 9.14. The lowest BCUT2D eigenvalue weighted by Gasteiger charge is -2.33. The van der Waals surface area contributed by atoms with Gasteiger partial charge in [-0.3, -0.25) is 0 Å². The lowest BCUT2D eigenvalue weighted by molar-refractivity contribution is 0.0111. The summed E-state index contributed by atoms with van der Waals surface area (Å²) in [5, 5.41) is 3.65. The quantitative estimate of drug-likeness (QED) is 0.0991. The molecule has 0 spiro atoms. The SMILES string of the molecule is CCCCC.Cc1c(Cl)ncnc1OC1CCN(C(=O)OC(C)(C)C)CC1.Cc1c(Nc2ccc(S(=O)(=O)C3CC3)cc2Cl)ncnc1OC1CCN(C(=O)OC(C)(C)C)CC1.Nc1ccc(S(=O)(=O)C2CC2)cc1Cl. The normalized spacial score (nSPS) is 16.4. The van der Waals surface area contributed by atoms with Crippen LogP contribution in [0.2, 0.25) is 15.2 Å². The topological polar surface area (TPSA) is 235 Å². The molecule has 23 heteroatoms. The van der Waals surface area contributed by atoms with Crippen molar-refractivity contribution in [2.75, 3.05) is 37.2 Å². The minimum atomic E-state index is -3.32. The number of amides is 2. The minimum Gasteiger partial charge on any atom is -0.474 e. The number of piperidine rings is 2. The summed E-state index contributed by atoms with van der Waals surface area (Å²) in [4.78, 5) is 44.8. The second-order valence-corrected chi connectivity index (χ2v) is 26.7. The maximum Gasteiger partial charge on any atom is 0.410 e. The third-order valence-electron chi connectivity index (χ3n) is 12.2. The largest absolute Gasteiger partial charge is 0.474 e. The van der Waals surface area contributed by atoms with Crippen LogP contribution in [0.4, 0.5) is 26.8 Å². The number of carbonyl (C=O) groups is 2. The summed E-state index contributed by atoms with van der Waals surface area (Å²) < 4.78 is 71.3. The van der Waals surface area contributed by atoms with Crippen molar-refractivity contribution in [3.05, 3.63) is 75.4 Å². The minimum absolute atomic E-state index is 0.0170. The van der Waals surface area contributed by atoms with Crippen molar-refractivity contribution in [2.24, 2.45) is 0 Å². The first-order valence-electron chi connectivity index (χ1n) is 25.8. The molecule has 2 aliphatic heterocycles. The van der Waals surface area contributed by atoms with Crippen LogP contribution in [0.1, 0.15) is 137 Å². The molecule has 4 heterocycles. The van der Waals surface area contributed by atoms with Gasteiger partial charge in [0.2, 0.25) is 11.8 Å². The first-order chi connectivity index (χ1) is 35.6. The number of hydrogen-bond donors (Lipinski definition) is 2. The molecule has 2 amide bonds. The highest BCUT2D eigenvalue weighted by Gasteiger charge is 2.38. The van der Waals surface area contributed by atoms with E-state index in [2.05, 4.69) is 39.1 Å². The van der Waals surface area contributed by atoms with Crippen LogP contribution in [0, 0.1) is 13.8 Å². The molecule has 3 N–H and O–H groups in total. The Labute approximate surface area is 464 Å². The highest BCUT2D eigenvalue weighted by atomic mass is 35.5. The van der Waals surface area contributed by atoms with Crippen LogP contribution < -0.4 is 20.5 Å². The lowest BCUT2D eigenvalue weighted by atomic mass is 10.1. The molecule has 0 bridgehead atoms. The average Bonchev–Trinajstić information content (AvgIpc) is 4.28. The zero-order chi connectivity index (χ0) is 56.2. The van der Waals surface area contributed by atoms with Gasteiger partial charge in [0.05, 0.1) is 47.3 Å². The molecule has 2 saturated heterocycles. The van der Waals surface area contributed by atoms with E-state index in [1.807, 2.05) is 55.4 Å². The van der Waals surface area contributed by atoms with E-state index in [-0.39, 0.29) is 44.7 Å². The predicted molar refractivity (Wildman–Crippen MR) is 298 cm³/mol. The number of nitrogens with two attached hydrogens (primary N) is 1. The summed E-state index contributed by atoms with van der Waals surface area (Å²) >= 11 is 18.1. The molecule has 18 nitrogen and oxygen atoms in total. The summed E-state index contributed by atoms with van der Waals surface area (Å²) in [5.74, 6) is 1.47. The Hall–Kier alpha value is -4.89. The van der Waals surface area contributed by atoms with Gasteiger partial charge in [-0.2, -0.15) is 0 Å². The number of nitrogens with zero attached hydrogens (tertiary/aromatic N) is 6. The second kappa shape index (κ2) is 27.1. The summed E-state index contributed by atoms with van der Waals surface area (Å²) in [6.07, 6.45) is 11.9. The number of hydrogen-bond acceptors (Lipinski definition) is 16. The van der Waals surface area contributed by atoms with E-state index in [0.717, 1.165) is 31.2 Å². The molecule has 4 aromatic rings. The summed E-state index contributed by atoms with van der Waals surface area (Å²) in [6.45, 7) is 21.5. The molecule has 4 aliphatic rings. The molecule has 2 aromatic heterocycles. The van der Waals surface area contributed by atoms with Gasteiger partial charge >= 0.3 is 12.2 Å². The summed E-state index contributed by atoms with van der Waals surface area (Å²) in [5.41, 5.74) is 6.88. The van der Waals surface area contributed by atoms with Gasteiger partial charge in [0.15, 0.2) is 19.7 Å². The highest BCUT2D eigenvalue weighted by molar-refractivity contribution is 7.92. The van der Waals surface area contributed by atoms with E-state index in [4.69, 9.17) is 59.5 Å². The van der Waals surface area contributed by atoms with Gasteiger partial charge in [-0.15, -0.1) is 0 Å². The Morgan fingerprint density at radius 1 is 0.632 bits per heavy atom. The monoisotopic (exact) mass is 1150 g/mol. The van der Waals surface area contributed by atoms with Crippen LogP contribution in [0.5, 0.6) is 11.8 Å². The standard InChI is InChI=1S/C24H31ClN4O5S.C15H22ClN3O3.C9H10ClNO2S.C5H12/c1-15-21(28-20-8-7-18(13-19(20)25)35(31,32)17-5-6-17)26-14-27-22(15)33-16-9-11-29(12-10-16)23(30)34-24(2,3)4;1-10-12(16)17-9-18-13(10)21-11-5-7-19(8-6-11)14(20)22-15(2,3)4;10-8-5-7(3-4-9(8)11)14(12,13)6-1-2-6;1-3-5-4-2/h7-8,13-14,16-17H,5-6,9-12H2,1-4H3,(H,26,27,28);9,11H,5-8H2,1-4H3;3-6H,1-2,11H2;3-5H2,1-2H3. The second-order valence-electron chi connectivity index (χ2n) is 21.1. The molecular weight excluding hydrogens is 1080 g/mol. The predicted octanol–water partition coefficient (Wildman–Crippen LogP) is 12.2. The lowest BCUT2D eigenvalue weighted by Crippen LogP contribution is -2.44.